The van der Waals surface area contributed by atoms with Crippen molar-refractivity contribution in [1.29, 1.82) is 0 Å². The first-order chi connectivity index (χ1) is 7.74. The Morgan fingerprint density at radius 1 is 1.31 bits per heavy atom. The largest absolute Gasteiger partial charge is 0.382 e. The summed E-state index contributed by atoms with van der Waals surface area (Å²) in [6.07, 6.45) is 3.73. The summed E-state index contributed by atoms with van der Waals surface area (Å²) in [6.45, 7) is 12.0. The highest BCUT2D eigenvalue weighted by Crippen LogP contribution is 2.12. The summed E-state index contributed by atoms with van der Waals surface area (Å²) in [5.41, 5.74) is 0. The van der Waals surface area contributed by atoms with Gasteiger partial charge in [0.25, 0.3) is 0 Å². The van der Waals surface area contributed by atoms with Crippen LogP contribution in [0.15, 0.2) is 0 Å². The Hall–Kier alpha value is -0.120. The summed E-state index contributed by atoms with van der Waals surface area (Å²) in [6, 6.07) is 1.44. The van der Waals surface area contributed by atoms with E-state index in [4.69, 9.17) is 4.74 Å². The lowest BCUT2D eigenvalue weighted by atomic mass is 10.0. The zero-order valence-electron chi connectivity index (χ0n) is 11.2. The van der Waals surface area contributed by atoms with E-state index in [1.807, 2.05) is 0 Å². The van der Waals surface area contributed by atoms with Crippen LogP contribution in [0.3, 0.4) is 0 Å². The Labute approximate surface area is 101 Å². The molecular formula is C13H28N2O. The summed E-state index contributed by atoms with van der Waals surface area (Å²) >= 11 is 0. The molecule has 0 saturated carbocycles. The number of rotatable bonds is 7. The van der Waals surface area contributed by atoms with Crippen LogP contribution in [0.5, 0.6) is 0 Å². The smallest absolute Gasteiger partial charge is 0.0477 e. The van der Waals surface area contributed by atoms with Crippen LogP contribution in [0.1, 0.15) is 40.0 Å². The minimum absolute atomic E-state index is 0.707. The molecule has 0 atom stereocenters. The molecule has 0 spiro atoms. The first kappa shape index (κ1) is 13.9. The van der Waals surface area contributed by atoms with Gasteiger partial charge in [0.15, 0.2) is 0 Å². The summed E-state index contributed by atoms with van der Waals surface area (Å²) < 4.78 is 5.32. The molecule has 0 aliphatic carbocycles. The van der Waals surface area contributed by atoms with E-state index >= 15 is 0 Å². The molecule has 0 aromatic rings. The van der Waals surface area contributed by atoms with Crippen molar-refractivity contribution in [3.05, 3.63) is 0 Å². The molecule has 96 valence electrons. The van der Waals surface area contributed by atoms with Crippen molar-refractivity contribution in [1.82, 2.24) is 10.2 Å². The van der Waals surface area contributed by atoms with Gasteiger partial charge in [0.2, 0.25) is 0 Å². The van der Waals surface area contributed by atoms with Gasteiger partial charge in [-0.3, -0.25) is 0 Å². The molecule has 3 nitrogen and oxygen atoms in total. The van der Waals surface area contributed by atoms with Gasteiger partial charge in [-0.05, 0) is 59.7 Å². The van der Waals surface area contributed by atoms with Gasteiger partial charge >= 0.3 is 0 Å². The second-order valence-electron chi connectivity index (χ2n) is 4.91. The lowest BCUT2D eigenvalue weighted by Gasteiger charge is -2.35. The van der Waals surface area contributed by atoms with Crippen molar-refractivity contribution in [2.45, 2.75) is 52.1 Å². The van der Waals surface area contributed by atoms with Crippen LogP contribution >= 0.6 is 0 Å². The molecular weight excluding hydrogens is 200 g/mol. The maximum absolute atomic E-state index is 5.32. The number of ether oxygens (including phenoxy) is 1. The molecule has 1 aliphatic rings. The molecule has 1 aliphatic heterocycles. The number of hydrogen-bond donors (Lipinski definition) is 1. The fraction of sp³-hybridized carbons (Fsp3) is 1.00. The average Bonchev–Trinajstić information content (AvgIpc) is 2.29. The molecule has 0 aromatic carbocycles. The number of hydrogen-bond acceptors (Lipinski definition) is 3. The van der Waals surface area contributed by atoms with E-state index in [9.17, 15) is 0 Å². The fourth-order valence-corrected chi connectivity index (χ4v) is 2.24. The van der Waals surface area contributed by atoms with Gasteiger partial charge < -0.3 is 15.0 Å². The van der Waals surface area contributed by atoms with Crippen LogP contribution in [0.2, 0.25) is 0 Å². The first-order valence-electron chi connectivity index (χ1n) is 6.79. The number of likely N-dealkylation sites (tertiary alicyclic amines) is 1. The van der Waals surface area contributed by atoms with E-state index in [0.29, 0.717) is 6.04 Å². The summed E-state index contributed by atoms with van der Waals surface area (Å²) in [7, 11) is 0. The summed E-state index contributed by atoms with van der Waals surface area (Å²) in [5.74, 6) is 0. The molecule has 1 saturated heterocycles. The maximum Gasteiger partial charge on any atom is 0.0477 e. The molecule has 0 aromatic heterocycles. The van der Waals surface area contributed by atoms with E-state index in [2.05, 4.69) is 31.0 Å². The second kappa shape index (κ2) is 8.04. The monoisotopic (exact) mass is 228 g/mol. The second-order valence-corrected chi connectivity index (χ2v) is 4.91. The Morgan fingerprint density at radius 2 is 2.00 bits per heavy atom. The van der Waals surface area contributed by atoms with Crippen molar-refractivity contribution in [2.75, 3.05) is 32.8 Å². The van der Waals surface area contributed by atoms with Gasteiger partial charge in [-0.2, -0.15) is 0 Å². The quantitative estimate of drug-likeness (QED) is 0.673. The third kappa shape index (κ3) is 5.28. The molecule has 1 fully saturated rings. The number of nitrogens with one attached hydrogen (secondary N) is 1. The van der Waals surface area contributed by atoms with E-state index in [1.165, 1.54) is 25.9 Å². The van der Waals surface area contributed by atoms with Crippen molar-refractivity contribution in [2.24, 2.45) is 0 Å². The van der Waals surface area contributed by atoms with Gasteiger partial charge in [0.05, 0.1) is 0 Å². The molecule has 0 bridgehead atoms. The highest BCUT2D eigenvalue weighted by molar-refractivity contribution is 4.78. The van der Waals surface area contributed by atoms with E-state index < -0.39 is 0 Å². The summed E-state index contributed by atoms with van der Waals surface area (Å²) in [4.78, 5) is 2.57. The molecule has 1 heterocycles. The average molecular weight is 228 g/mol. The molecule has 1 N–H and O–H groups in total. The molecule has 16 heavy (non-hydrogen) atoms. The molecule has 0 unspecified atom stereocenters. The van der Waals surface area contributed by atoms with Crippen molar-refractivity contribution in [3.63, 3.8) is 0 Å². The highest BCUT2D eigenvalue weighted by atomic mass is 16.5. The molecule has 1 rings (SSSR count). The third-order valence-electron chi connectivity index (χ3n) is 3.36. The minimum atomic E-state index is 0.707. The highest BCUT2D eigenvalue weighted by Gasteiger charge is 2.19. The topological polar surface area (TPSA) is 24.5 Å². The zero-order chi connectivity index (χ0) is 11.8. The Kier molecular flexibility index (Phi) is 7.01. The van der Waals surface area contributed by atoms with Crippen molar-refractivity contribution in [3.8, 4) is 0 Å². The Morgan fingerprint density at radius 3 is 2.56 bits per heavy atom. The van der Waals surface area contributed by atoms with E-state index in [-0.39, 0.29) is 0 Å². The van der Waals surface area contributed by atoms with E-state index in [1.54, 1.807) is 0 Å². The normalized spacial score (nSPS) is 19.5. The number of piperidine rings is 1. The van der Waals surface area contributed by atoms with Gasteiger partial charge in [-0.1, -0.05) is 0 Å². The molecule has 0 amide bonds. The van der Waals surface area contributed by atoms with Crippen LogP contribution in [-0.4, -0.2) is 49.8 Å². The molecule has 3 heteroatoms. The van der Waals surface area contributed by atoms with Crippen LogP contribution in [-0.2, 0) is 4.74 Å². The van der Waals surface area contributed by atoms with Gasteiger partial charge in [-0.15, -0.1) is 0 Å². The van der Waals surface area contributed by atoms with E-state index in [0.717, 1.165) is 32.2 Å². The third-order valence-corrected chi connectivity index (χ3v) is 3.36. The SMILES string of the molecule is CCOCCCNC1CCN(C(C)C)CC1. The number of nitrogens with zero attached hydrogens (tertiary/aromatic N) is 1. The van der Waals surface area contributed by atoms with Crippen molar-refractivity contribution >= 4 is 0 Å². The lowest BCUT2D eigenvalue weighted by molar-refractivity contribution is 0.138. The predicted octanol–water partition coefficient (Wildman–Crippen LogP) is 1.88. The Balaban J connectivity index is 1.99. The van der Waals surface area contributed by atoms with Gasteiger partial charge in [0, 0.05) is 25.3 Å². The van der Waals surface area contributed by atoms with Crippen LogP contribution in [0.4, 0.5) is 0 Å². The maximum atomic E-state index is 5.32. The van der Waals surface area contributed by atoms with Crippen molar-refractivity contribution < 1.29 is 4.74 Å². The Bertz CT molecular complexity index is 165. The zero-order valence-corrected chi connectivity index (χ0v) is 11.2. The predicted molar refractivity (Wildman–Crippen MR) is 68.8 cm³/mol. The van der Waals surface area contributed by atoms with Crippen LogP contribution in [0.25, 0.3) is 0 Å². The van der Waals surface area contributed by atoms with Gasteiger partial charge in [-0.25, -0.2) is 0 Å². The standard InChI is InChI=1S/C13H28N2O/c1-4-16-11-5-8-14-13-6-9-15(10-7-13)12(2)3/h12-14H,4-11H2,1-3H3. The first-order valence-corrected chi connectivity index (χ1v) is 6.79. The fourth-order valence-electron chi connectivity index (χ4n) is 2.24. The van der Waals surface area contributed by atoms with Crippen LogP contribution in [0, 0.1) is 0 Å². The summed E-state index contributed by atoms with van der Waals surface area (Å²) in [5, 5.41) is 3.63. The molecule has 0 radical (unpaired) electrons. The lowest BCUT2D eigenvalue weighted by Crippen LogP contribution is -2.45. The van der Waals surface area contributed by atoms with Gasteiger partial charge in [0.1, 0.15) is 0 Å². The van der Waals surface area contributed by atoms with Crippen LogP contribution < -0.4 is 5.32 Å². The minimum Gasteiger partial charge on any atom is -0.382 e.